The number of nitrogens with one attached hydrogen (secondary N) is 1. The van der Waals surface area contributed by atoms with E-state index in [0.717, 1.165) is 18.0 Å². The van der Waals surface area contributed by atoms with Crippen LogP contribution in [0.2, 0.25) is 0 Å². The van der Waals surface area contributed by atoms with Crippen molar-refractivity contribution in [2.45, 2.75) is 6.42 Å². The smallest absolute Gasteiger partial charge is 0.124 e. The van der Waals surface area contributed by atoms with Gasteiger partial charge in [-0.15, -0.1) is 11.3 Å². The molecule has 0 radical (unpaired) electrons. The van der Waals surface area contributed by atoms with Crippen molar-refractivity contribution < 1.29 is 0 Å². The molecule has 0 atom stereocenters. The molecule has 0 saturated carbocycles. The Kier molecular flexibility index (Phi) is 3.58. The lowest BCUT2D eigenvalue weighted by atomic mass is 10.1. The summed E-state index contributed by atoms with van der Waals surface area (Å²) in [6.07, 6.45) is 0.984. The molecule has 0 aliphatic carbocycles. The van der Waals surface area contributed by atoms with Crippen molar-refractivity contribution in [2.24, 2.45) is 0 Å². The van der Waals surface area contributed by atoms with Gasteiger partial charge < -0.3 is 5.32 Å². The van der Waals surface area contributed by atoms with Gasteiger partial charge in [0.25, 0.3) is 0 Å². The minimum atomic E-state index is 0.971. The van der Waals surface area contributed by atoms with E-state index >= 15 is 0 Å². The maximum absolute atomic E-state index is 4.75. The number of fused-ring (bicyclic) bond motifs is 1. The van der Waals surface area contributed by atoms with Crippen LogP contribution >= 0.6 is 11.3 Å². The van der Waals surface area contributed by atoms with Gasteiger partial charge in [0, 0.05) is 23.9 Å². The molecule has 3 rings (SSSR count). The Bertz CT molecular complexity index is 683. The third-order valence-corrected chi connectivity index (χ3v) is 4.13. The summed E-state index contributed by atoms with van der Waals surface area (Å²) in [7, 11) is 1.97. The quantitative estimate of drug-likeness (QED) is 0.780. The van der Waals surface area contributed by atoms with Gasteiger partial charge in [0.2, 0.25) is 0 Å². The predicted octanol–water partition coefficient (Wildman–Crippen LogP) is 3.73. The highest BCUT2D eigenvalue weighted by Crippen LogP contribution is 2.30. The van der Waals surface area contributed by atoms with Crippen LogP contribution in [0.5, 0.6) is 0 Å². The first-order valence-electron chi connectivity index (χ1n) is 6.45. The lowest BCUT2D eigenvalue weighted by molar-refractivity contribution is 0.780. The molecule has 96 valence electrons. The molecule has 2 nitrogen and oxygen atoms in total. The van der Waals surface area contributed by atoms with Gasteiger partial charge in [0.05, 0.1) is 5.69 Å². The summed E-state index contributed by atoms with van der Waals surface area (Å²) in [4.78, 5) is 4.75. The Hall–Kier alpha value is -1.71. The zero-order valence-electron chi connectivity index (χ0n) is 10.9. The number of nitrogens with zero attached hydrogens (tertiary/aromatic N) is 1. The number of rotatable bonds is 4. The van der Waals surface area contributed by atoms with Crippen LogP contribution in [0.3, 0.4) is 0 Å². The van der Waals surface area contributed by atoms with E-state index in [-0.39, 0.29) is 0 Å². The summed E-state index contributed by atoms with van der Waals surface area (Å²) in [5, 5.41) is 8.98. The van der Waals surface area contributed by atoms with E-state index in [1.54, 1.807) is 11.3 Å². The molecule has 1 heterocycles. The fourth-order valence-electron chi connectivity index (χ4n) is 2.21. The molecule has 19 heavy (non-hydrogen) atoms. The summed E-state index contributed by atoms with van der Waals surface area (Å²) >= 11 is 1.73. The fourth-order valence-corrected chi connectivity index (χ4v) is 3.10. The van der Waals surface area contributed by atoms with Crippen LogP contribution in [-0.4, -0.2) is 18.6 Å². The van der Waals surface area contributed by atoms with E-state index in [2.05, 4.69) is 53.2 Å². The number of hydrogen-bond donors (Lipinski definition) is 1. The van der Waals surface area contributed by atoms with Gasteiger partial charge in [0.1, 0.15) is 5.01 Å². The van der Waals surface area contributed by atoms with Gasteiger partial charge in [0.15, 0.2) is 0 Å². The number of aromatic nitrogens is 1. The maximum Gasteiger partial charge on any atom is 0.124 e. The summed E-state index contributed by atoms with van der Waals surface area (Å²) < 4.78 is 0. The number of thiazole rings is 1. The summed E-state index contributed by atoms with van der Waals surface area (Å²) in [6, 6.07) is 14.9. The highest BCUT2D eigenvalue weighted by Gasteiger charge is 2.07. The van der Waals surface area contributed by atoms with E-state index < -0.39 is 0 Å². The average molecular weight is 268 g/mol. The van der Waals surface area contributed by atoms with Crippen LogP contribution in [0, 0.1) is 0 Å². The van der Waals surface area contributed by atoms with E-state index in [1.807, 2.05) is 7.05 Å². The van der Waals surface area contributed by atoms with Crippen molar-refractivity contribution in [2.75, 3.05) is 13.6 Å². The van der Waals surface area contributed by atoms with Crippen LogP contribution in [0.15, 0.2) is 47.8 Å². The third-order valence-electron chi connectivity index (χ3n) is 3.20. The molecule has 0 saturated heterocycles. The van der Waals surface area contributed by atoms with Crippen molar-refractivity contribution in [1.29, 1.82) is 0 Å². The van der Waals surface area contributed by atoms with Gasteiger partial charge in [-0.1, -0.05) is 42.5 Å². The number of likely N-dealkylation sites (N-methyl/N-ethyl adjacent to an activating group) is 1. The monoisotopic (exact) mass is 268 g/mol. The highest BCUT2D eigenvalue weighted by atomic mass is 32.1. The minimum absolute atomic E-state index is 0.971. The fraction of sp³-hybridized carbons (Fsp3) is 0.188. The molecule has 0 bridgehead atoms. The number of hydrogen-bond acceptors (Lipinski definition) is 3. The first-order valence-corrected chi connectivity index (χ1v) is 7.33. The third kappa shape index (κ3) is 2.53. The normalized spacial score (nSPS) is 11.0. The molecule has 2 aromatic carbocycles. The average Bonchev–Trinajstić information content (AvgIpc) is 2.93. The molecular formula is C16H16N2S. The SMILES string of the molecule is CNCCc1csc(-c2cccc3ccccc23)n1. The lowest BCUT2D eigenvalue weighted by Crippen LogP contribution is -2.10. The molecular weight excluding hydrogens is 252 g/mol. The van der Waals surface area contributed by atoms with Crippen molar-refractivity contribution >= 4 is 22.1 Å². The Balaban J connectivity index is 2.02. The maximum atomic E-state index is 4.75. The molecule has 0 spiro atoms. The van der Waals surface area contributed by atoms with Gasteiger partial charge in [-0.05, 0) is 17.8 Å². The molecule has 0 aliphatic rings. The van der Waals surface area contributed by atoms with Crippen LogP contribution in [0.25, 0.3) is 21.3 Å². The van der Waals surface area contributed by atoms with Crippen molar-refractivity contribution in [3.8, 4) is 10.6 Å². The topological polar surface area (TPSA) is 24.9 Å². The lowest BCUT2D eigenvalue weighted by Gasteiger charge is -2.03. The second-order valence-electron chi connectivity index (χ2n) is 4.52. The van der Waals surface area contributed by atoms with Gasteiger partial charge in [-0.25, -0.2) is 4.98 Å². The largest absolute Gasteiger partial charge is 0.319 e. The summed E-state index contributed by atoms with van der Waals surface area (Å²) in [5.41, 5.74) is 2.40. The molecule has 3 heteroatoms. The standard InChI is InChI=1S/C16H16N2S/c1-17-10-9-13-11-19-16(18-13)15-8-4-6-12-5-2-3-7-14(12)15/h2-8,11,17H,9-10H2,1H3. The molecule has 1 aromatic heterocycles. The molecule has 0 unspecified atom stereocenters. The first-order chi connectivity index (χ1) is 9.38. The molecule has 0 fully saturated rings. The van der Waals surface area contributed by atoms with Crippen molar-refractivity contribution in [3.05, 3.63) is 53.5 Å². The Morgan fingerprint density at radius 1 is 1.11 bits per heavy atom. The van der Waals surface area contributed by atoms with E-state index in [4.69, 9.17) is 4.98 Å². The number of benzene rings is 2. The van der Waals surface area contributed by atoms with E-state index in [0.29, 0.717) is 0 Å². The van der Waals surface area contributed by atoms with Crippen LogP contribution < -0.4 is 5.32 Å². The zero-order valence-corrected chi connectivity index (χ0v) is 11.7. The van der Waals surface area contributed by atoms with Crippen LogP contribution in [-0.2, 0) is 6.42 Å². The van der Waals surface area contributed by atoms with Gasteiger partial charge in [-0.3, -0.25) is 0 Å². The minimum Gasteiger partial charge on any atom is -0.319 e. The predicted molar refractivity (Wildman–Crippen MR) is 82.7 cm³/mol. The Morgan fingerprint density at radius 2 is 1.95 bits per heavy atom. The second-order valence-corrected chi connectivity index (χ2v) is 5.38. The summed E-state index contributed by atoms with van der Waals surface area (Å²) in [5.74, 6) is 0. The molecule has 1 N–H and O–H groups in total. The zero-order chi connectivity index (χ0) is 13.1. The Labute approximate surface area is 117 Å². The van der Waals surface area contributed by atoms with E-state index in [1.165, 1.54) is 22.0 Å². The van der Waals surface area contributed by atoms with Crippen LogP contribution in [0.4, 0.5) is 0 Å². The molecule has 0 aliphatic heterocycles. The van der Waals surface area contributed by atoms with Gasteiger partial charge >= 0.3 is 0 Å². The molecule has 3 aromatic rings. The van der Waals surface area contributed by atoms with Crippen molar-refractivity contribution in [1.82, 2.24) is 10.3 Å². The summed E-state index contributed by atoms with van der Waals surface area (Å²) in [6.45, 7) is 0.971. The van der Waals surface area contributed by atoms with E-state index in [9.17, 15) is 0 Å². The first kappa shape index (κ1) is 12.3. The second kappa shape index (κ2) is 5.51. The van der Waals surface area contributed by atoms with Crippen molar-refractivity contribution in [3.63, 3.8) is 0 Å². The highest BCUT2D eigenvalue weighted by molar-refractivity contribution is 7.13. The Morgan fingerprint density at radius 3 is 2.84 bits per heavy atom. The van der Waals surface area contributed by atoms with Gasteiger partial charge in [-0.2, -0.15) is 0 Å². The van der Waals surface area contributed by atoms with Crippen LogP contribution in [0.1, 0.15) is 5.69 Å². The molecule has 0 amide bonds.